The molecule has 116 valence electrons. The maximum absolute atomic E-state index is 11.8. The average molecular weight is 305 g/mol. The molecule has 1 atom stereocenters. The van der Waals surface area contributed by atoms with Crippen molar-refractivity contribution in [2.45, 2.75) is 12.3 Å². The van der Waals surface area contributed by atoms with Gasteiger partial charge in [0, 0.05) is 6.07 Å². The van der Waals surface area contributed by atoms with Crippen molar-refractivity contribution >= 4 is 0 Å². The summed E-state index contributed by atoms with van der Waals surface area (Å²) in [5.41, 5.74) is 0.248. The van der Waals surface area contributed by atoms with Crippen LogP contribution in [0.2, 0.25) is 0 Å². The number of rotatable bonds is 7. The highest BCUT2D eigenvalue weighted by Gasteiger charge is 2.27. The van der Waals surface area contributed by atoms with Gasteiger partial charge in [0.1, 0.15) is 36.9 Å². The van der Waals surface area contributed by atoms with E-state index in [0.29, 0.717) is 11.5 Å². The van der Waals surface area contributed by atoms with Crippen LogP contribution in [0.3, 0.4) is 0 Å². The van der Waals surface area contributed by atoms with E-state index in [1.54, 1.807) is 0 Å². The van der Waals surface area contributed by atoms with Crippen molar-refractivity contribution in [3.05, 3.63) is 23.8 Å². The second kappa shape index (κ2) is 7.71. The number of aliphatic hydroxyl groups excluding tert-OH is 1. The number of aliphatic hydroxyl groups is 1. The fraction of sp³-hybridized carbons (Fsp3) is 0.462. The van der Waals surface area contributed by atoms with Gasteiger partial charge in [0.25, 0.3) is 0 Å². The van der Waals surface area contributed by atoms with Crippen LogP contribution in [0.1, 0.15) is 5.56 Å². The number of methoxy groups -OCH3 is 1. The largest absolute Gasteiger partial charge is 0.495 e. The maximum Gasteiger partial charge on any atom is 0.411 e. The van der Waals surface area contributed by atoms with Crippen LogP contribution in [0.25, 0.3) is 0 Å². The Balaban J connectivity index is 2.43. The van der Waals surface area contributed by atoms with Gasteiger partial charge in [0.15, 0.2) is 0 Å². The quantitative estimate of drug-likeness (QED) is 0.833. The average Bonchev–Trinajstić information content (AvgIpc) is 2.43. The van der Waals surface area contributed by atoms with Crippen LogP contribution in [0, 0.1) is 11.3 Å². The Morgan fingerprint density at radius 3 is 2.62 bits per heavy atom. The second-order valence-electron chi connectivity index (χ2n) is 4.07. The molecule has 1 N–H and O–H groups in total. The molecule has 0 bridgehead atoms. The van der Waals surface area contributed by atoms with E-state index in [1.807, 2.05) is 6.07 Å². The smallest absolute Gasteiger partial charge is 0.411 e. The molecule has 0 fully saturated rings. The molecule has 0 aromatic heterocycles. The third-order valence-electron chi connectivity index (χ3n) is 2.31. The summed E-state index contributed by atoms with van der Waals surface area (Å²) in [7, 11) is 1.42. The highest BCUT2D eigenvalue weighted by Crippen LogP contribution is 2.23. The zero-order valence-electron chi connectivity index (χ0n) is 11.2. The van der Waals surface area contributed by atoms with Crippen molar-refractivity contribution in [3.8, 4) is 17.6 Å². The third-order valence-corrected chi connectivity index (χ3v) is 2.31. The molecule has 1 unspecified atom stereocenters. The number of hydrogen-bond donors (Lipinski definition) is 1. The highest BCUT2D eigenvalue weighted by atomic mass is 19.4. The summed E-state index contributed by atoms with van der Waals surface area (Å²) < 4.78 is 49.9. The van der Waals surface area contributed by atoms with E-state index in [9.17, 15) is 18.3 Å². The number of nitriles is 1. The Hall–Kier alpha value is -1.98. The number of nitrogens with zero attached hydrogens (tertiary/aromatic N) is 1. The number of ether oxygens (including phenoxy) is 3. The van der Waals surface area contributed by atoms with E-state index in [4.69, 9.17) is 14.7 Å². The topological polar surface area (TPSA) is 71.7 Å². The first kappa shape index (κ1) is 17.1. The van der Waals surface area contributed by atoms with Gasteiger partial charge in [-0.2, -0.15) is 18.4 Å². The lowest BCUT2D eigenvalue weighted by molar-refractivity contribution is -0.179. The van der Waals surface area contributed by atoms with Crippen LogP contribution >= 0.6 is 0 Å². The van der Waals surface area contributed by atoms with E-state index in [-0.39, 0.29) is 12.2 Å². The highest BCUT2D eigenvalue weighted by molar-refractivity contribution is 5.47. The monoisotopic (exact) mass is 305 g/mol. The van der Waals surface area contributed by atoms with Crippen LogP contribution in [0.5, 0.6) is 11.5 Å². The molecule has 5 nitrogen and oxygen atoms in total. The predicted octanol–water partition coefficient (Wildman–Crippen LogP) is 1.89. The van der Waals surface area contributed by atoms with Gasteiger partial charge in [-0.25, -0.2) is 0 Å². The van der Waals surface area contributed by atoms with Crippen molar-refractivity contribution in [2.75, 3.05) is 26.9 Å². The van der Waals surface area contributed by atoms with Gasteiger partial charge in [0.05, 0.1) is 19.3 Å². The molecule has 0 aliphatic rings. The first-order valence-electron chi connectivity index (χ1n) is 5.89. The fourth-order valence-electron chi connectivity index (χ4n) is 1.42. The van der Waals surface area contributed by atoms with E-state index >= 15 is 0 Å². The van der Waals surface area contributed by atoms with E-state index < -0.39 is 25.5 Å². The first-order chi connectivity index (χ1) is 9.85. The summed E-state index contributed by atoms with van der Waals surface area (Å²) >= 11 is 0. The molecule has 0 spiro atoms. The van der Waals surface area contributed by atoms with Crippen molar-refractivity contribution in [1.82, 2.24) is 0 Å². The van der Waals surface area contributed by atoms with Crippen molar-refractivity contribution in [2.24, 2.45) is 0 Å². The Morgan fingerprint density at radius 2 is 2.05 bits per heavy atom. The maximum atomic E-state index is 11.8. The van der Waals surface area contributed by atoms with E-state index in [0.717, 1.165) is 0 Å². The lowest BCUT2D eigenvalue weighted by atomic mass is 10.2. The minimum absolute atomic E-state index is 0.248. The van der Waals surface area contributed by atoms with Gasteiger partial charge < -0.3 is 19.3 Å². The van der Waals surface area contributed by atoms with Crippen LogP contribution in [0.15, 0.2) is 18.2 Å². The zero-order valence-corrected chi connectivity index (χ0v) is 11.2. The Kier molecular flexibility index (Phi) is 6.27. The van der Waals surface area contributed by atoms with Crippen molar-refractivity contribution in [1.29, 1.82) is 5.26 Å². The molecule has 0 aliphatic heterocycles. The molecule has 21 heavy (non-hydrogen) atoms. The lowest BCUT2D eigenvalue weighted by Gasteiger charge is -2.14. The molecule has 0 saturated heterocycles. The Bertz CT molecular complexity index is 499. The van der Waals surface area contributed by atoms with Gasteiger partial charge >= 0.3 is 6.18 Å². The summed E-state index contributed by atoms with van der Waals surface area (Å²) in [6.07, 6.45) is -5.64. The number of benzene rings is 1. The first-order valence-corrected chi connectivity index (χ1v) is 5.89. The fourth-order valence-corrected chi connectivity index (χ4v) is 1.42. The zero-order chi connectivity index (χ0) is 15.9. The molecule has 8 heteroatoms. The van der Waals surface area contributed by atoms with Crippen LogP contribution in [-0.4, -0.2) is 44.3 Å². The summed E-state index contributed by atoms with van der Waals surface area (Å²) in [5, 5.41) is 18.3. The third kappa shape index (κ3) is 6.33. The molecule has 0 amide bonds. The summed E-state index contributed by atoms with van der Waals surface area (Å²) in [6, 6.07) is 6.34. The number of halogens is 3. The molecule has 0 heterocycles. The molecule has 1 aromatic carbocycles. The van der Waals surface area contributed by atoms with Gasteiger partial charge in [0.2, 0.25) is 0 Å². The number of alkyl halides is 3. The Labute approximate surface area is 119 Å². The molecular formula is C13H14F3NO4. The summed E-state index contributed by atoms with van der Waals surface area (Å²) in [4.78, 5) is 0. The molecule has 1 aromatic rings. The number of hydrogen-bond acceptors (Lipinski definition) is 5. The Morgan fingerprint density at radius 1 is 1.33 bits per heavy atom. The normalized spacial score (nSPS) is 12.6. The standard InChI is InChI=1S/C13H14F3NO4/c1-19-12-3-2-11(4-9(12)5-17)21-7-10(18)6-20-8-13(14,15)16/h2-4,10,18H,6-8H2,1H3. The van der Waals surface area contributed by atoms with E-state index in [2.05, 4.69) is 4.74 Å². The minimum Gasteiger partial charge on any atom is -0.495 e. The molecule has 0 saturated carbocycles. The van der Waals surface area contributed by atoms with Crippen molar-refractivity contribution in [3.63, 3.8) is 0 Å². The molecule has 1 rings (SSSR count). The SMILES string of the molecule is COc1ccc(OCC(O)COCC(F)(F)F)cc1C#N. The van der Waals surface area contributed by atoms with Gasteiger partial charge in [-0.1, -0.05) is 0 Å². The molecular weight excluding hydrogens is 291 g/mol. The predicted molar refractivity (Wildman–Crippen MR) is 66.1 cm³/mol. The van der Waals surface area contributed by atoms with E-state index in [1.165, 1.54) is 25.3 Å². The minimum atomic E-state index is -4.43. The van der Waals surface area contributed by atoms with Gasteiger partial charge in [-0.15, -0.1) is 0 Å². The summed E-state index contributed by atoms with van der Waals surface area (Å²) in [6.45, 7) is -2.18. The van der Waals surface area contributed by atoms with Crippen LogP contribution in [-0.2, 0) is 4.74 Å². The lowest BCUT2D eigenvalue weighted by Crippen LogP contribution is -2.27. The molecule has 0 radical (unpaired) electrons. The van der Waals surface area contributed by atoms with Gasteiger partial charge in [-0.05, 0) is 12.1 Å². The molecule has 0 aliphatic carbocycles. The van der Waals surface area contributed by atoms with Crippen molar-refractivity contribution < 1.29 is 32.5 Å². The summed E-state index contributed by atoms with van der Waals surface area (Å²) in [5.74, 6) is 0.668. The van der Waals surface area contributed by atoms with Gasteiger partial charge in [-0.3, -0.25) is 0 Å². The van der Waals surface area contributed by atoms with Crippen LogP contribution < -0.4 is 9.47 Å². The second-order valence-corrected chi connectivity index (χ2v) is 4.07. The van der Waals surface area contributed by atoms with Crippen LogP contribution in [0.4, 0.5) is 13.2 Å².